The molecule has 2 N–H and O–H groups in total. The Kier molecular flexibility index (Phi) is 8.58. The highest BCUT2D eigenvalue weighted by Crippen LogP contribution is 2.30. The maximum atomic E-state index is 12.7. The molecule has 1 aromatic carbocycles. The maximum absolute atomic E-state index is 12.7. The normalized spacial score (nSPS) is 18.3. The van der Waals surface area contributed by atoms with Gasteiger partial charge in [-0.15, -0.1) is 0 Å². The van der Waals surface area contributed by atoms with Gasteiger partial charge in [-0.3, -0.25) is 4.79 Å². The number of carbonyl (C=O) groups excluding carboxylic acids is 1. The molecule has 32 heavy (non-hydrogen) atoms. The van der Waals surface area contributed by atoms with E-state index in [4.69, 9.17) is 5.41 Å². The van der Waals surface area contributed by atoms with Crippen molar-refractivity contribution in [3.63, 3.8) is 0 Å². The number of amides is 1. The van der Waals surface area contributed by atoms with E-state index in [0.29, 0.717) is 24.1 Å². The number of hydrogen-bond donors (Lipinski definition) is 2. The highest BCUT2D eigenvalue weighted by atomic mass is 127. The molecule has 1 aliphatic carbocycles. The van der Waals surface area contributed by atoms with Gasteiger partial charge in [-0.1, -0.05) is 25.3 Å². The molecule has 2 aliphatic rings. The lowest BCUT2D eigenvalue weighted by atomic mass is 9.86. The largest absolute Gasteiger partial charge is 0.384 e. The third kappa shape index (κ3) is 6.10. The van der Waals surface area contributed by atoms with Crippen LogP contribution in [0.3, 0.4) is 0 Å². The van der Waals surface area contributed by atoms with Crippen LogP contribution in [0.25, 0.3) is 11.1 Å². The Morgan fingerprint density at radius 1 is 1.16 bits per heavy atom. The van der Waals surface area contributed by atoms with Crippen molar-refractivity contribution in [3.05, 3.63) is 36.2 Å². The number of aromatic nitrogens is 2. The molecule has 0 radical (unpaired) electrons. The number of nitrogens with zero attached hydrogens (tertiary/aromatic N) is 3. The van der Waals surface area contributed by atoms with Crippen LogP contribution in [0.5, 0.6) is 0 Å². The molecule has 4 rings (SSSR count). The Morgan fingerprint density at radius 3 is 2.62 bits per heavy atom. The fraction of sp³-hybridized carbons (Fsp3) is 0.542. The first-order valence-electron chi connectivity index (χ1n) is 11.7. The minimum atomic E-state index is 0.372. The Bertz CT molecular complexity index is 919. The summed E-state index contributed by atoms with van der Waals surface area (Å²) in [6.45, 7) is 2.66. The summed E-state index contributed by atoms with van der Waals surface area (Å²) < 4.78 is 1.93. The van der Waals surface area contributed by atoms with Crippen molar-refractivity contribution >= 4 is 46.2 Å². The zero-order chi connectivity index (χ0) is 22.3. The van der Waals surface area contributed by atoms with Gasteiger partial charge in [0.15, 0.2) is 0 Å². The molecule has 0 bridgehead atoms. The van der Waals surface area contributed by atoms with Crippen LogP contribution in [-0.2, 0) is 4.79 Å². The van der Waals surface area contributed by atoms with Gasteiger partial charge in [0, 0.05) is 55.3 Å². The molecule has 0 spiro atoms. The second-order valence-electron chi connectivity index (χ2n) is 9.12. The number of likely N-dealkylation sites (tertiary alicyclic amines) is 1. The molecule has 2 aromatic rings. The maximum Gasteiger partial charge on any atom is 0.222 e. The first kappa shape index (κ1) is 23.7. The summed E-state index contributed by atoms with van der Waals surface area (Å²) in [5.74, 6) is 1.56. The minimum absolute atomic E-state index is 0.372. The summed E-state index contributed by atoms with van der Waals surface area (Å²) in [6.07, 6.45) is 15.2. The molecule has 1 unspecified atom stereocenters. The molecule has 1 amide bonds. The van der Waals surface area contributed by atoms with Gasteiger partial charge in [0.25, 0.3) is 0 Å². The lowest BCUT2D eigenvalue weighted by molar-refractivity contribution is -0.133. The van der Waals surface area contributed by atoms with Crippen molar-refractivity contribution < 1.29 is 4.79 Å². The van der Waals surface area contributed by atoms with Gasteiger partial charge in [-0.2, -0.15) is 5.10 Å². The second kappa shape index (κ2) is 11.6. The van der Waals surface area contributed by atoms with Crippen LogP contribution in [0.2, 0.25) is 0 Å². The number of benzene rings is 1. The van der Waals surface area contributed by atoms with Crippen LogP contribution in [0.15, 0.2) is 30.6 Å². The number of hydrogen-bond acceptors (Lipinski definition) is 4. The quantitative estimate of drug-likeness (QED) is 0.236. The van der Waals surface area contributed by atoms with Crippen LogP contribution in [-0.4, -0.2) is 46.2 Å². The van der Waals surface area contributed by atoms with Crippen LogP contribution in [0.4, 0.5) is 5.69 Å². The summed E-state index contributed by atoms with van der Waals surface area (Å²) in [6, 6.07) is 6.22. The van der Waals surface area contributed by atoms with Crippen LogP contribution in [0, 0.1) is 17.2 Å². The Balaban J connectivity index is 1.27. The predicted molar refractivity (Wildman–Crippen MR) is 142 cm³/mol. The van der Waals surface area contributed by atoms with E-state index < -0.39 is 0 Å². The van der Waals surface area contributed by atoms with Crippen molar-refractivity contribution in [1.29, 1.82) is 5.41 Å². The number of rotatable bonds is 8. The van der Waals surface area contributed by atoms with Crippen molar-refractivity contribution in [2.45, 2.75) is 51.4 Å². The lowest BCUT2D eigenvalue weighted by Crippen LogP contribution is -2.40. The van der Waals surface area contributed by atoms with Gasteiger partial charge >= 0.3 is 0 Å². The number of halogens is 1. The first-order chi connectivity index (χ1) is 15.7. The molecule has 2 fully saturated rings. The fourth-order valence-electron chi connectivity index (χ4n) is 4.95. The van der Waals surface area contributed by atoms with Gasteiger partial charge in [0.1, 0.15) is 0 Å². The molecule has 8 heteroatoms. The van der Waals surface area contributed by atoms with Crippen LogP contribution in [0.1, 0.15) is 56.9 Å². The average molecular weight is 565 g/mol. The SMILES string of the molecule is N=Cc1cc(-c2cnn(PI)c2)ccc1NCC1CCN(C(=O)CC2CCCCC2)CC1. The fourth-order valence-corrected chi connectivity index (χ4v) is 6.03. The van der Waals surface area contributed by atoms with Crippen molar-refractivity contribution in [1.82, 2.24) is 14.5 Å². The van der Waals surface area contributed by atoms with Gasteiger partial charge < -0.3 is 15.6 Å². The molecule has 1 aromatic heterocycles. The Labute approximate surface area is 205 Å². The third-order valence-corrected chi connectivity index (χ3v) is 8.85. The lowest BCUT2D eigenvalue weighted by Gasteiger charge is -2.33. The number of anilines is 1. The van der Waals surface area contributed by atoms with E-state index in [2.05, 4.69) is 55.6 Å². The standard InChI is InChI=1S/C24H33IN5OP/c25-32-30-17-22(16-28-30)20-6-7-23(21(13-20)14-26)27-15-19-8-10-29(11-9-19)24(31)12-18-4-2-1-3-5-18/h6-7,13-14,16-19,26-27,32H,1-5,8-12,15H2. The number of nitrogens with one attached hydrogen (secondary N) is 2. The topological polar surface area (TPSA) is 74.0 Å². The van der Waals surface area contributed by atoms with Crippen LogP contribution >= 0.6 is 28.4 Å². The van der Waals surface area contributed by atoms with Gasteiger partial charge in [-0.25, -0.2) is 4.45 Å². The van der Waals surface area contributed by atoms with E-state index >= 15 is 0 Å². The monoisotopic (exact) mass is 565 g/mol. The van der Waals surface area contributed by atoms with E-state index in [1.54, 1.807) is 0 Å². The Morgan fingerprint density at radius 2 is 1.94 bits per heavy atom. The van der Waals surface area contributed by atoms with Crippen molar-refractivity contribution in [2.24, 2.45) is 11.8 Å². The van der Waals surface area contributed by atoms with Gasteiger partial charge in [-0.05, 0) is 77.3 Å². The van der Waals surface area contributed by atoms with Crippen LogP contribution < -0.4 is 5.32 Å². The van der Waals surface area contributed by atoms with Gasteiger partial charge in [0.05, 0.1) is 12.6 Å². The summed E-state index contributed by atoms with van der Waals surface area (Å²) >= 11 is 2.31. The zero-order valence-corrected chi connectivity index (χ0v) is 21.7. The summed E-state index contributed by atoms with van der Waals surface area (Å²) in [7, 11) is 0. The minimum Gasteiger partial charge on any atom is -0.384 e. The zero-order valence-electron chi connectivity index (χ0n) is 18.5. The predicted octanol–water partition coefficient (Wildman–Crippen LogP) is 5.96. The molecule has 1 saturated heterocycles. The molecule has 1 saturated carbocycles. The average Bonchev–Trinajstić information content (AvgIpc) is 3.33. The number of piperidine rings is 1. The first-order valence-corrected chi connectivity index (χ1v) is 15.8. The van der Waals surface area contributed by atoms with Crippen molar-refractivity contribution in [3.8, 4) is 11.1 Å². The Hall–Kier alpha value is -1.47. The summed E-state index contributed by atoms with van der Waals surface area (Å²) in [5.41, 5.74) is 4.06. The van der Waals surface area contributed by atoms with E-state index in [1.807, 2.05) is 16.8 Å². The van der Waals surface area contributed by atoms with Gasteiger partial charge in [0.2, 0.25) is 5.91 Å². The smallest absolute Gasteiger partial charge is 0.222 e. The van der Waals surface area contributed by atoms with E-state index in [0.717, 1.165) is 61.3 Å². The summed E-state index contributed by atoms with van der Waals surface area (Å²) in [4.78, 5) is 14.8. The third-order valence-electron chi connectivity index (χ3n) is 6.95. The molecular weight excluding hydrogens is 532 g/mol. The highest BCUT2D eigenvalue weighted by Gasteiger charge is 2.25. The molecule has 1 aliphatic heterocycles. The van der Waals surface area contributed by atoms with E-state index in [-0.39, 0.29) is 0 Å². The van der Waals surface area contributed by atoms with E-state index in [9.17, 15) is 4.79 Å². The molecule has 2 heterocycles. The summed E-state index contributed by atoms with van der Waals surface area (Å²) in [5, 5.41) is 15.8. The molecular formula is C24H33IN5OP. The second-order valence-corrected chi connectivity index (χ2v) is 11.2. The highest BCUT2D eigenvalue weighted by molar-refractivity contribution is 14.2. The van der Waals surface area contributed by atoms with E-state index in [1.165, 1.54) is 38.3 Å². The molecule has 1 atom stereocenters. The molecule has 172 valence electrons. The number of carbonyl (C=O) groups is 1. The van der Waals surface area contributed by atoms with Crippen molar-refractivity contribution in [2.75, 3.05) is 25.0 Å². The molecule has 6 nitrogen and oxygen atoms in total.